The Hall–Kier alpha value is -2.68. The van der Waals surface area contributed by atoms with Gasteiger partial charge in [-0.05, 0) is 36.2 Å². The predicted molar refractivity (Wildman–Crippen MR) is 108 cm³/mol. The van der Waals surface area contributed by atoms with E-state index in [0.717, 1.165) is 10.9 Å². The minimum Gasteiger partial charge on any atom is -0.451 e. The minimum atomic E-state index is -3.49. The van der Waals surface area contributed by atoms with Crippen LogP contribution in [0.1, 0.15) is 16.1 Å². The molecule has 0 saturated carbocycles. The van der Waals surface area contributed by atoms with E-state index in [-0.39, 0.29) is 16.6 Å². The van der Waals surface area contributed by atoms with Crippen LogP contribution in [-0.2, 0) is 21.2 Å². The lowest BCUT2D eigenvalue weighted by Crippen LogP contribution is -2.40. The Balaban J connectivity index is 1.33. The molecule has 1 aromatic heterocycles. The van der Waals surface area contributed by atoms with Gasteiger partial charge in [0.15, 0.2) is 5.76 Å². The van der Waals surface area contributed by atoms with Crippen LogP contribution in [0.5, 0.6) is 0 Å². The zero-order chi connectivity index (χ0) is 20.3. The number of hydrogen-bond donors (Lipinski definition) is 1. The molecule has 2 aromatic carbocycles. The zero-order valence-corrected chi connectivity index (χ0v) is 16.7. The number of morpholine rings is 1. The third-order valence-electron chi connectivity index (χ3n) is 4.88. The van der Waals surface area contributed by atoms with Crippen LogP contribution < -0.4 is 5.32 Å². The molecule has 1 aliphatic heterocycles. The van der Waals surface area contributed by atoms with Gasteiger partial charge < -0.3 is 14.5 Å². The van der Waals surface area contributed by atoms with Crippen LogP contribution in [0.4, 0.5) is 0 Å². The molecule has 1 fully saturated rings. The summed E-state index contributed by atoms with van der Waals surface area (Å²) in [7, 11) is -3.49. The molecule has 7 nitrogen and oxygen atoms in total. The molecule has 0 unspecified atom stereocenters. The van der Waals surface area contributed by atoms with Gasteiger partial charge in [0.1, 0.15) is 5.58 Å². The second-order valence-corrected chi connectivity index (χ2v) is 8.75. The normalized spacial score (nSPS) is 15.4. The van der Waals surface area contributed by atoms with Crippen LogP contribution in [0.3, 0.4) is 0 Å². The smallest absolute Gasteiger partial charge is 0.287 e. The Labute approximate surface area is 169 Å². The fourth-order valence-electron chi connectivity index (χ4n) is 3.27. The summed E-state index contributed by atoms with van der Waals surface area (Å²) in [5.74, 6) is 0.00543. The number of furan rings is 1. The Kier molecular flexibility index (Phi) is 5.66. The van der Waals surface area contributed by atoms with Gasteiger partial charge in [-0.1, -0.05) is 30.3 Å². The molecule has 0 aliphatic carbocycles. The van der Waals surface area contributed by atoms with Crippen LogP contribution in [0.2, 0.25) is 0 Å². The van der Waals surface area contributed by atoms with E-state index < -0.39 is 10.0 Å². The Morgan fingerprint density at radius 3 is 2.48 bits per heavy atom. The van der Waals surface area contributed by atoms with Gasteiger partial charge >= 0.3 is 0 Å². The Morgan fingerprint density at radius 1 is 1.03 bits per heavy atom. The summed E-state index contributed by atoms with van der Waals surface area (Å²) in [6, 6.07) is 16.0. The Morgan fingerprint density at radius 2 is 1.76 bits per heavy atom. The van der Waals surface area contributed by atoms with Gasteiger partial charge in [0.05, 0.1) is 18.1 Å². The predicted octanol–water partition coefficient (Wildman–Crippen LogP) is 2.43. The third-order valence-corrected chi connectivity index (χ3v) is 6.79. The standard InChI is InChI=1S/C21H22N2O5S/c24-21(20-15-17-3-1-2-4-19(17)28-20)22-10-9-16-5-7-18(8-6-16)29(25,26)23-11-13-27-14-12-23/h1-8,15H,9-14H2,(H,22,24). The van der Waals surface area contributed by atoms with Crippen molar-refractivity contribution in [3.63, 3.8) is 0 Å². The lowest BCUT2D eigenvalue weighted by molar-refractivity contribution is 0.0730. The number of nitrogens with one attached hydrogen (secondary N) is 1. The van der Waals surface area contributed by atoms with Crippen molar-refractivity contribution >= 4 is 26.9 Å². The molecule has 0 radical (unpaired) electrons. The number of fused-ring (bicyclic) bond motifs is 1. The topological polar surface area (TPSA) is 88.9 Å². The molecule has 4 rings (SSSR count). The van der Waals surface area contributed by atoms with Crippen molar-refractivity contribution in [2.75, 3.05) is 32.8 Å². The molecular weight excluding hydrogens is 392 g/mol. The maximum atomic E-state index is 12.6. The van der Waals surface area contributed by atoms with Crippen molar-refractivity contribution in [2.45, 2.75) is 11.3 Å². The number of nitrogens with zero attached hydrogens (tertiary/aromatic N) is 1. The summed E-state index contributed by atoms with van der Waals surface area (Å²) in [5.41, 5.74) is 1.62. The number of benzene rings is 2. The first-order chi connectivity index (χ1) is 14.0. The van der Waals surface area contributed by atoms with Crippen LogP contribution in [0.15, 0.2) is 63.9 Å². The summed E-state index contributed by atoms with van der Waals surface area (Å²) in [6.45, 7) is 2.01. The number of para-hydroxylation sites is 1. The van der Waals surface area contributed by atoms with Crippen molar-refractivity contribution in [1.29, 1.82) is 0 Å². The van der Waals surface area contributed by atoms with Crippen molar-refractivity contribution in [1.82, 2.24) is 9.62 Å². The summed E-state index contributed by atoms with van der Waals surface area (Å²) in [4.78, 5) is 12.5. The minimum absolute atomic E-state index is 0.271. The molecule has 8 heteroatoms. The first-order valence-corrected chi connectivity index (χ1v) is 10.9. The second-order valence-electron chi connectivity index (χ2n) is 6.81. The van der Waals surface area contributed by atoms with Crippen LogP contribution in [0, 0.1) is 0 Å². The number of carbonyl (C=O) groups is 1. The SMILES string of the molecule is O=C(NCCc1ccc(S(=O)(=O)N2CCOCC2)cc1)c1cc2ccccc2o1. The number of sulfonamides is 1. The first-order valence-electron chi connectivity index (χ1n) is 9.48. The van der Waals surface area contributed by atoms with Gasteiger partial charge in [-0.3, -0.25) is 4.79 Å². The van der Waals surface area contributed by atoms with Crippen LogP contribution in [0.25, 0.3) is 11.0 Å². The maximum Gasteiger partial charge on any atom is 0.287 e. The molecule has 2 heterocycles. The molecule has 1 N–H and O–H groups in total. The molecular formula is C21H22N2O5S. The Bertz CT molecular complexity index is 1070. The highest BCUT2D eigenvalue weighted by Gasteiger charge is 2.26. The van der Waals surface area contributed by atoms with E-state index in [4.69, 9.17) is 9.15 Å². The van der Waals surface area contributed by atoms with E-state index in [2.05, 4.69) is 5.32 Å². The highest BCUT2D eigenvalue weighted by Crippen LogP contribution is 2.19. The molecule has 0 atom stereocenters. The zero-order valence-electron chi connectivity index (χ0n) is 15.8. The third kappa shape index (κ3) is 4.34. The van der Waals surface area contributed by atoms with E-state index in [1.54, 1.807) is 30.3 Å². The maximum absolute atomic E-state index is 12.6. The molecule has 152 valence electrons. The van der Waals surface area contributed by atoms with Gasteiger partial charge in [0.2, 0.25) is 10.0 Å². The lowest BCUT2D eigenvalue weighted by atomic mass is 10.1. The van der Waals surface area contributed by atoms with E-state index in [9.17, 15) is 13.2 Å². The van der Waals surface area contributed by atoms with Gasteiger partial charge in [0.25, 0.3) is 5.91 Å². The average molecular weight is 414 g/mol. The van der Waals surface area contributed by atoms with E-state index in [0.29, 0.717) is 44.9 Å². The van der Waals surface area contributed by atoms with Gasteiger partial charge in [-0.15, -0.1) is 0 Å². The molecule has 0 spiro atoms. The summed E-state index contributed by atoms with van der Waals surface area (Å²) in [5, 5.41) is 3.72. The number of hydrogen-bond acceptors (Lipinski definition) is 5. The molecule has 3 aromatic rings. The van der Waals surface area contributed by atoms with Crippen LogP contribution in [-0.4, -0.2) is 51.5 Å². The average Bonchev–Trinajstić information content (AvgIpc) is 3.19. The second kappa shape index (κ2) is 8.36. The van der Waals surface area contributed by atoms with Gasteiger partial charge in [0, 0.05) is 25.0 Å². The quantitative estimate of drug-likeness (QED) is 0.669. The van der Waals surface area contributed by atoms with Crippen molar-refractivity contribution in [3.8, 4) is 0 Å². The summed E-state index contributed by atoms with van der Waals surface area (Å²) >= 11 is 0. The largest absolute Gasteiger partial charge is 0.451 e. The van der Waals surface area contributed by atoms with E-state index in [1.807, 2.05) is 24.3 Å². The lowest BCUT2D eigenvalue weighted by Gasteiger charge is -2.26. The van der Waals surface area contributed by atoms with Crippen molar-refractivity contribution < 1.29 is 22.4 Å². The van der Waals surface area contributed by atoms with Crippen molar-refractivity contribution in [3.05, 3.63) is 65.9 Å². The van der Waals surface area contributed by atoms with E-state index in [1.165, 1.54) is 4.31 Å². The molecule has 29 heavy (non-hydrogen) atoms. The van der Waals surface area contributed by atoms with Gasteiger partial charge in [-0.25, -0.2) is 8.42 Å². The van der Waals surface area contributed by atoms with E-state index >= 15 is 0 Å². The monoisotopic (exact) mass is 414 g/mol. The molecule has 1 saturated heterocycles. The number of rotatable bonds is 6. The highest BCUT2D eigenvalue weighted by molar-refractivity contribution is 7.89. The number of amides is 1. The molecule has 0 bridgehead atoms. The molecule has 1 aliphatic rings. The fourth-order valence-corrected chi connectivity index (χ4v) is 4.67. The number of ether oxygens (including phenoxy) is 1. The summed E-state index contributed by atoms with van der Waals surface area (Å²) < 4.78 is 37.5. The number of carbonyl (C=O) groups excluding carboxylic acids is 1. The summed E-state index contributed by atoms with van der Waals surface area (Å²) in [6.07, 6.45) is 0.587. The van der Waals surface area contributed by atoms with Gasteiger partial charge in [-0.2, -0.15) is 4.31 Å². The first kappa shape index (κ1) is 19.6. The fraction of sp³-hybridized carbons (Fsp3) is 0.286. The van der Waals surface area contributed by atoms with Crippen LogP contribution >= 0.6 is 0 Å². The molecule has 1 amide bonds. The highest BCUT2D eigenvalue weighted by atomic mass is 32.2. The van der Waals surface area contributed by atoms with Crippen molar-refractivity contribution in [2.24, 2.45) is 0 Å².